The maximum atomic E-state index is 17.4. The molecule has 1 unspecified atom stereocenters. The van der Waals surface area contributed by atoms with Crippen molar-refractivity contribution < 1.29 is 32.2 Å². The van der Waals surface area contributed by atoms with Gasteiger partial charge in [0.1, 0.15) is 0 Å². The van der Waals surface area contributed by atoms with E-state index in [4.69, 9.17) is 4.98 Å². The summed E-state index contributed by atoms with van der Waals surface area (Å²) in [7, 11) is 0. The number of rotatable bonds is 8. The summed E-state index contributed by atoms with van der Waals surface area (Å²) >= 11 is 0. The molecule has 4 aliphatic rings. The second kappa shape index (κ2) is 14.4. The number of pyridine rings is 1. The minimum Gasteiger partial charge on any atom is -0.396 e. The van der Waals surface area contributed by atoms with Crippen LogP contribution in [0.15, 0.2) is 46.4 Å². The Labute approximate surface area is 291 Å². The molecular formula is C39H49F5N4O2. The number of aromatic nitrogens is 1. The van der Waals surface area contributed by atoms with Crippen LogP contribution in [-0.4, -0.2) is 64.4 Å². The Hall–Kier alpha value is -3.18. The summed E-state index contributed by atoms with van der Waals surface area (Å²) in [5, 5.41) is 20.9. The summed E-state index contributed by atoms with van der Waals surface area (Å²) in [6.07, 6.45) is 3.73. The van der Waals surface area contributed by atoms with Crippen LogP contribution in [0.3, 0.4) is 0 Å². The lowest BCUT2D eigenvalue weighted by molar-refractivity contribution is -0.0385. The molecule has 2 fully saturated rings. The van der Waals surface area contributed by atoms with Crippen molar-refractivity contribution in [1.29, 1.82) is 0 Å². The van der Waals surface area contributed by atoms with E-state index in [1.54, 1.807) is 0 Å². The highest BCUT2D eigenvalue weighted by atomic mass is 19.3. The first-order valence-corrected chi connectivity index (χ1v) is 18.0. The van der Waals surface area contributed by atoms with Crippen LogP contribution in [0.4, 0.5) is 22.0 Å². The zero-order valence-electron chi connectivity index (χ0n) is 29.2. The fourth-order valence-corrected chi connectivity index (χ4v) is 8.38. The summed E-state index contributed by atoms with van der Waals surface area (Å²) in [4.78, 5) is 16.5. The number of aliphatic hydroxyl groups is 2. The predicted molar refractivity (Wildman–Crippen MR) is 185 cm³/mol. The van der Waals surface area contributed by atoms with Gasteiger partial charge in [-0.1, -0.05) is 44.2 Å². The molecule has 0 bridgehead atoms. The number of guanidine groups is 1. The number of hydrogen-bond acceptors (Lipinski definition) is 6. The van der Waals surface area contributed by atoms with Crippen molar-refractivity contribution in [3.05, 3.63) is 75.6 Å². The summed E-state index contributed by atoms with van der Waals surface area (Å²) in [5.41, 5.74) is 2.40. The number of piperidine rings is 1. The van der Waals surface area contributed by atoms with Crippen molar-refractivity contribution >= 4 is 12.2 Å². The number of aliphatic imine (C=N–C) groups is 2. The Balaban J connectivity index is 1.42. The summed E-state index contributed by atoms with van der Waals surface area (Å²) in [5.74, 6) is -5.83. The SMILES string of the molecule is C/C=C/C(F)(F)c1ccc([C@H](F)c2c(C3CCN(C4=NCC(CCO)C=N4)CC3)nc3c(c2C2CCC(F)(F)CC2)[C@@H](O)CC(C)(C)C3)cc1. The van der Waals surface area contributed by atoms with Gasteiger partial charge in [0.2, 0.25) is 11.9 Å². The van der Waals surface area contributed by atoms with Crippen molar-refractivity contribution in [3.63, 3.8) is 0 Å². The van der Waals surface area contributed by atoms with E-state index in [9.17, 15) is 27.8 Å². The van der Waals surface area contributed by atoms with Crippen LogP contribution >= 0.6 is 0 Å². The average Bonchev–Trinajstić information content (AvgIpc) is 3.07. The van der Waals surface area contributed by atoms with Crippen molar-refractivity contribution in [2.24, 2.45) is 21.3 Å². The molecule has 6 rings (SSSR count). The molecule has 2 aliphatic carbocycles. The molecule has 0 amide bonds. The number of hydrogen-bond donors (Lipinski definition) is 2. The van der Waals surface area contributed by atoms with Crippen LogP contribution in [0.1, 0.15) is 135 Å². The van der Waals surface area contributed by atoms with E-state index in [0.717, 1.165) is 6.08 Å². The average molecular weight is 701 g/mol. The van der Waals surface area contributed by atoms with Crippen LogP contribution in [0, 0.1) is 11.3 Å². The highest BCUT2D eigenvalue weighted by molar-refractivity contribution is 5.90. The third-order valence-corrected chi connectivity index (χ3v) is 11.0. The molecule has 0 radical (unpaired) electrons. The van der Waals surface area contributed by atoms with E-state index in [-0.39, 0.29) is 60.7 Å². The molecule has 2 aromatic rings. The molecule has 3 atom stereocenters. The molecule has 0 spiro atoms. The monoisotopic (exact) mass is 700 g/mol. The molecule has 11 heteroatoms. The first-order valence-electron chi connectivity index (χ1n) is 18.0. The Morgan fingerprint density at radius 1 is 1.02 bits per heavy atom. The zero-order valence-corrected chi connectivity index (χ0v) is 29.2. The van der Waals surface area contributed by atoms with Gasteiger partial charge in [-0.05, 0) is 80.4 Å². The van der Waals surface area contributed by atoms with Crippen molar-refractivity contribution in [3.8, 4) is 0 Å². The molecule has 50 heavy (non-hydrogen) atoms. The van der Waals surface area contributed by atoms with E-state index in [1.807, 2.05) is 6.21 Å². The lowest BCUT2D eigenvalue weighted by Crippen LogP contribution is -2.39. The standard InChI is InChI=1S/C39H49F5N4O2/c1-4-14-39(43,44)28-7-5-26(6-8-28)34(40)33-31(25-9-15-38(41,42)16-10-25)32-29(20-37(2,3)21-30(32)50)47-35(33)27-11-17-48(18-12-27)36-45-22-24(13-19-49)23-46-36/h4-8,14,22,24-25,27,30,34,49-50H,9-13,15-21,23H2,1-3H3/b14-4+/t24?,30-,34-/m0/s1. The highest BCUT2D eigenvalue weighted by Crippen LogP contribution is 2.52. The maximum absolute atomic E-state index is 17.4. The van der Waals surface area contributed by atoms with E-state index in [0.29, 0.717) is 85.8 Å². The Morgan fingerprint density at radius 2 is 1.70 bits per heavy atom. The predicted octanol–water partition coefficient (Wildman–Crippen LogP) is 8.73. The van der Waals surface area contributed by atoms with Gasteiger partial charge in [0.25, 0.3) is 5.92 Å². The number of alkyl halides is 5. The molecule has 1 aromatic heterocycles. The fourth-order valence-electron chi connectivity index (χ4n) is 8.38. The highest BCUT2D eigenvalue weighted by Gasteiger charge is 2.44. The van der Waals surface area contributed by atoms with Gasteiger partial charge in [-0.2, -0.15) is 8.78 Å². The lowest BCUT2D eigenvalue weighted by Gasteiger charge is -2.41. The molecular weight excluding hydrogens is 651 g/mol. The lowest BCUT2D eigenvalue weighted by atomic mass is 9.68. The summed E-state index contributed by atoms with van der Waals surface area (Å²) in [6.45, 7) is 7.48. The quantitative estimate of drug-likeness (QED) is 0.213. The largest absolute Gasteiger partial charge is 0.396 e. The first-order chi connectivity index (χ1) is 23.7. The van der Waals surface area contributed by atoms with Crippen LogP contribution in [-0.2, 0) is 12.3 Å². The van der Waals surface area contributed by atoms with Crippen LogP contribution < -0.4 is 0 Å². The van der Waals surface area contributed by atoms with Gasteiger partial charge in [0.15, 0.2) is 6.17 Å². The van der Waals surface area contributed by atoms with Gasteiger partial charge in [-0.3, -0.25) is 9.98 Å². The zero-order chi connectivity index (χ0) is 35.8. The van der Waals surface area contributed by atoms with E-state index >= 15 is 4.39 Å². The molecule has 272 valence electrons. The van der Waals surface area contributed by atoms with Gasteiger partial charge in [-0.15, -0.1) is 0 Å². The van der Waals surface area contributed by atoms with Gasteiger partial charge < -0.3 is 15.1 Å². The molecule has 1 saturated heterocycles. The molecule has 1 aromatic carbocycles. The summed E-state index contributed by atoms with van der Waals surface area (Å²) < 4.78 is 75.8. The molecule has 6 nitrogen and oxygen atoms in total. The minimum absolute atomic E-state index is 0.0743. The second-order valence-electron chi connectivity index (χ2n) is 15.4. The smallest absolute Gasteiger partial charge is 0.291 e. The topological polar surface area (TPSA) is 81.3 Å². The van der Waals surface area contributed by atoms with Crippen molar-refractivity contribution in [1.82, 2.24) is 9.88 Å². The normalized spacial score (nSPS) is 25.1. The first kappa shape index (κ1) is 36.6. The number of likely N-dealkylation sites (tertiary alicyclic amines) is 1. The Bertz CT molecular complexity index is 1610. The molecule has 2 N–H and O–H groups in total. The summed E-state index contributed by atoms with van der Waals surface area (Å²) in [6, 6.07) is 5.23. The van der Waals surface area contributed by atoms with Crippen LogP contribution in [0.5, 0.6) is 0 Å². The number of allylic oxidation sites excluding steroid dienone is 2. The van der Waals surface area contributed by atoms with Gasteiger partial charge in [0.05, 0.1) is 18.3 Å². The van der Waals surface area contributed by atoms with Crippen LogP contribution in [0.25, 0.3) is 0 Å². The number of aliphatic hydroxyl groups excluding tert-OH is 2. The molecule has 3 heterocycles. The van der Waals surface area contributed by atoms with Crippen LogP contribution in [0.2, 0.25) is 0 Å². The Kier molecular flexibility index (Phi) is 10.6. The molecule has 1 saturated carbocycles. The fraction of sp³-hybridized carbons (Fsp3) is 0.615. The third kappa shape index (κ3) is 7.69. The number of benzene rings is 1. The number of nitrogens with zero attached hydrogens (tertiary/aromatic N) is 4. The van der Waals surface area contributed by atoms with E-state index in [1.165, 1.54) is 37.3 Å². The van der Waals surface area contributed by atoms with Gasteiger partial charge >= 0.3 is 0 Å². The molecule has 2 aliphatic heterocycles. The Morgan fingerprint density at radius 3 is 2.30 bits per heavy atom. The van der Waals surface area contributed by atoms with Gasteiger partial charge in [0, 0.05) is 73.0 Å². The minimum atomic E-state index is -3.21. The van der Waals surface area contributed by atoms with Crippen molar-refractivity contribution in [2.45, 2.75) is 115 Å². The second-order valence-corrected chi connectivity index (χ2v) is 15.4. The third-order valence-electron chi connectivity index (χ3n) is 11.0. The van der Waals surface area contributed by atoms with Gasteiger partial charge in [-0.25, -0.2) is 18.2 Å². The number of fused-ring (bicyclic) bond motifs is 1. The van der Waals surface area contributed by atoms with E-state index in [2.05, 4.69) is 28.7 Å². The van der Waals surface area contributed by atoms with E-state index < -0.39 is 30.0 Å². The number of halogens is 5. The maximum Gasteiger partial charge on any atom is 0.291 e. The van der Waals surface area contributed by atoms with Crippen molar-refractivity contribution in [2.75, 3.05) is 26.2 Å².